The van der Waals surface area contributed by atoms with Crippen molar-refractivity contribution in [2.75, 3.05) is 17.3 Å². The maximum absolute atomic E-state index is 12.9. The fourth-order valence-corrected chi connectivity index (χ4v) is 2.64. The van der Waals surface area contributed by atoms with E-state index in [0.29, 0.717) is 22.5 Å². The molecule has 0 aliphatic rings. The zero-order chi connectivity index (χ0) is 21.0. The Bertz CT molecular complexity index is 1090. The summed E-state index contributed by atoms with van der Waals surface area (Å²) in [4.78, 5) is 17.6. The number of nitrogens with zero attached hydrogens (tertiary/aromatic N) is 3. The van der Waals surface area contributed by atoms with Gasteiger partial charge in [0.2, 0.25) is 0 Å². The summed E-state index contributed by atoms with van der Waals surface area (Å²) in [5, 5.41) is 11.7. The van der Waals surface area contributed by atoms with Crippen molar-refractivity contribution in [2.24, 2.45) is 0 Å². The summed E-state index contributed by atoms with van der Waals surface area (Å²) in [5.41, 5.74) is 1.12. The molecular formula is C21H15F3N4O. The van der Waals surface area contributed by atoms with E-state index in [1.165, 1.54) is 17.2 Å². The van der Waals surface area contributed by atoms with Crippen molar-refractivity contribution in [1.82, 2.24) is 4.98 Å². The fourth-order valence-electron chi connectivity index (χ4n) is 2.64. The standard InChI is InChI=1S/C21H15F3N4O/c1-28(19-9-16(12-26-13-19)21(22,23)24)18-7-3-6-17(10-18)27-20(29)15-5-2-4-14(8-15)11-25/h2-10,12-13H,1H3,(H,27,29). The molecule has 0 saturated carbocycles. The van der Waals surface area contributed by atoms with Gasteiger partial charge in [-0.25, -0.2) is 0 Å². The Kier molecular flexibility index (Phi) is 5.50. The van der Waals surface area contributed by atoms with Crippen LogP contribution in [0.25, 0.3) is 0 Å². The van der Waals surface area contributed by atoms with Crippen molar-refractivity contribution in [3.05, 3.63) is 83.7 Å². The second kappa shape index (κ2) is 8.02. The number of hydrogen-bond acceptors (Lipinski definition) is 4. The highest BCUT2D eigenvalue weighted by Crippen LogP contribution is 2.32. The van der Waals surface area contributed by atoms with E-state index >= 15 is 0 Å². The Labute approximate surface area is 165 Å². The molecule has 1 amide bonds. The van der Waals surface area contributed by atoms with E-state index in [1.54, 1.807) is 49.5 Å². The number of hydrogen-bond donors (Lipinski definition) is 1. The van der Waals surface area contributed by atoms with Gasteiger partial charge in [0.15, 0.2) is 0 Å². The molecule has 0 atom stereocenters. The second-order valence-electron chi connectivity index (χ2n) is 6.19. The van der Waals surface area contributed by atoms with Crippen LogP contribution in [0.1, 0.15) is 21.5 Å². The molecule has 146 valence electrons. The lowest BCUT2D eigenvalue weighted by molar-refractivity contribution is -0.137. The summed E-state index contributed by atoms with van der Waals surface area (Å²) in [5.74, 6) is -0.400. The molecular weight excluding hydrogens is 381 g/mol. The van der Waals surface area contributed by atoms with Gasteiger partial charge in [0.1, 0.15) is 0 Å². The second-order valence-corrected chi connectivity index (χ2v) is 6.19. The molecule has 5 nitrogen and oxygen atoms in total. The summed E-state index contributed by atoms with van der Waals surface area (Å²) < 4.78 is 38.8. The van der Waals surface area contributed by atoms with Crippen LogP contribution in [0.5, 0.6) is 0 Å². The van der Waals surface area contributed by atoms with E-state index in [-0.39, 0.29) is 5.69 Å². The molecule has 0 radical (unpaired) electrons. The van der Waals surface area contributed by atoms with E-state index in [9.17, 15) is 18.0 Å². The summed E-state index contributed by atoms with van der Waals surface area (Å²) in [7, 11) is 1.61. The Morgan fingerprint density at radius 3 is 2.55 bits per heavy atom. The van der Waals surface area contributed by atoms with Crippen LogP contribution in [0, 0.1) is 11.3 Å². The molecule has 0 unspecified atom stereocenters. The maximum atomic E-state index is 12.9. The van der Waals surface area contributed by atoms with Crippen LogP contribution in [-0.4, -0.2) is 17.9 Å². The Morgan fingerprint density at radius 1 is 1.07 bits per heavy atom. The highest BCUT2D eigenvalue weighted by atomic mass is 19.4. The normalized spacial score (nSPS) is 10.9. The molecule has 0 aliphatic carbocycles. The zero-order valence-corrected chi connectivity index (χ0v) is 15.2. The zero-order valence-electron chi connectivity index (χ0n) is 15.2. The van der Waals surface area contributed by atoms with E-state index in [4.69, 9.17) is 5.26 Å². The van der Waals surface area contributed by atoms with Crippen LogP contribution in [-0.2, 0) is 6.18 Å². The van der Waals surface area contributed by atoms with Crippen LogP contribution in [0.2, 0.25) is 0 Å². The lowest BCUT2D eigenvalue weighted by atomic mass is 10.1. The molecule has 0 aliphatic heterocycles. The SMILES string of the molecule is CN(c1cccc(NC(=O)c2cccc(C#N)c2)c1)c1cncc(C(F)(F)F)c1. The predicted molar refractivity (Wildman–Crippen MR) is 103 cm³/mol. The number of carbonyl (C=O) groups excluding carboxylic acids is 1. The summed E-state index contributed by atoms with van der Waals surface area (Å²) in [6, 6.07) is 15.9. The van der Waals surface area contributed by atoms with Crippen LogP contribution in [0.4, 0.5) is 30.2 Å². The minimum absolute atomic E-state index is 0.255. The number of benzene rings is 2. The Hall–Kier alpha value is -3.86. The van der Waals surface area contributed by atoms with E-state index in [0.717, 1.165) is 12.3 Å². The smallest absolute Gasteiger partial charge is 0.343 e. The van der Waals surface area contributed by atoms with Gasteiger partial charge in [-0.3, -0.25) is 9.78 Å². The lowest BCUT2D eigenvalue weighted by Crippen LogP contribution is -2.14. The molecule has 3 rings (SSSR count). The molecule has 2 aromatic carbocycles. The van der Waals surface area contributed by atoms with Gasteiger partial charge in [-0.1, -0.05) is 12.1 Å². The van der Waals surface area contributed by atoms with Crippen molar-refractivity contribution >= 4 is 23.0 Å². The van der Waals surface area contributed by atoms with Gasteiger partial charge in [0.05, 0.1) is 29.1 Å². The number of aromatic nitrogens is 1. The fraction of sp³-hybridized carbons (Fsp3) is 0.0952. The number of alkyl halides is 3. The van der Waals surface area contributed by atoms with Crippen molar-refractivity contribution in [3.63, 3.8) is 0 Å². The maximum Gasteiger partial charge on any atom is 0.417 e. The number of nitriles is 1. The minimum Gasteiger partial charge on any atom is -0.343 e. The Balaban J connectivity index is 1.82. The number of halogens is 3. The van der Waals surface area contributed by atoms with Crippen molar-refractivity contribution in [2.45, 2.75) is 6.18 Å². The first-order valence-electron chi connectivity index (χ1n) is 8.45. The highest BCUT2D eigenvalue weighted by Gasteiger charge is 2.31. The van der Waals surface area contributed by atoms with Gasteiger partial charge < -0.3 is 10.2 Å². The molecule has 3 aromatic rings. The topological polar surface area (TPSA) is 69.0 Å². The van der Waals surface area contributed by atoms with Crippen LogP contribution in [0.3, 0.4) is 0 Å². The molecule has 1 heterocycles. The molecule has 1 aromatic heterocycles. The quantitative estimate of drug-likeness (QED) is 0.674. The average molecular weight is 396 g/mol. The molecule has 0 bridgehead atoms. The third-order valence-corrected chi connectivity index (χ3v) is 4.18. The van der Waals surface area contributed by atoms with Gasteiger partial charge in [0.25, 0.3) is 5.91 Å². The Morgan fingerprint density at radius 2 is 1.83 bits per heavy atom. The van der Waals surface area contributed by atoms with Gasteiger partial charge in [-0.2, -0.15) is 18.4 Å². The van der Waals surface area contributed by atoms with Crippen molar-refractivity contribution in [1.29, 1.82) is 5.26 Å². The molecule has 8 heteroatoms. The lowest BCUT2D eigenvalue weighted by Gasteiger charge is -2.21. The first-order chi connectivity index (χ1) is 13.8. The van der Waals surface area contributed by atoms with Gasteiger partial charge in [-0.15, -0.1) is 0 Å². The van der Waals surface area contributed by atoms with Crippen LogP contribution < -0.4 is 10.2 Å². The monoisotopic (exact) mass is 396 g/mol. The summed E-state index contributed by atoms with van der Waals surface area (Å²) >= 11 is 0. The summed E-state index contributed by atoms with van der Waals surface area (Å²) in [6.07, 6.45) is -2.39. The highest BCUT2D eigenvalue weighted by molar-refractivity contribution is 6.04. The molecule has 0 saturated heterocycles. The van der Waals surface area contributed by atoms with Gasteiger partial charge >= 0.3 is 6.18 Å². The van der Waals surface area contributed by atoms with Crippen LogP contribution >= 0.6 is 0 Å². The average Bonchev–Trinajstić information content (AvgIpc) is 2.73. The number of amides is 1. The first kappa shape index (κ1) is 19.9. The first-order valence-corrected chi connectivity index (χ1v) is 8.45. The van der Waals surface area contributed by atoms with Crippen molar-refractivity contribution < 1.29 is 18.0 Å². The molecule has 0 spiro atoms. The van der Waals surface area contributed by atoms with Gasteiger partial charge in [-0.05, 0) is 42.5 Å². The third-order valence-electron chi connectivity index (χ3n) is 4.18. The molecule has 1 N–H and O–H groups in total. The van der Waals surface area contributed by atoms with Crippen molar-refractivity contribution in [3.8, 4) is 6.07 Å². The largest absolute Gasteiger partial charge is 0.417 e. The van der Waals surface area contributed by atoms with E-state index in [2.05, 4.69) is 10.3 Å². The number of rotatable bonds is 4. The summed E-state index contributed by atoms with van der Waals surface area (Å²) in [6.45, 7) is 0. The van der Waals surface area contributed by atoms with E-state index < -0.39 is 17.6 Å². The molecule has 0 fully saturated rings. The minimum atomic E-state index is -4.49. The molecule has 29 heavy (non-hydrogen) atoms. The predicted octanol–water partition coefficient (Wildman–Crippen LogP) is 4.99. The van der Waals surface area contributed by atoms with Gasteiger partial charge in [0, 0.05) is 30.2 Å². The van der Waals surface area contributed by atoms with Crippen LogP contribution in [0.15, 0.2) is 67.0 Å². The number of anilines is 3. The number of pyridine rings is 1. The number of carbonyl (C=O) groups is 1. The third kappa shape index (κ3) is 4.71. The van der Waals surface area contributed by atoms with E-state index in [1.807, 2.05) is 6.07 Å². The number of nitrogens with one attached hydrogen (secondary N) is 1.